The number of aromatic amines is 1. The second kappa shape index (κ2) is 6.60. The highest BCUT2D eigenvalue weighted by Gasteiger charge is 2.22. The third kappa shape index (κ3) is 3.73. The van der Waals surface area contributed by atoms with Crippen LogP contribution in [0.25, 0.3) is 0 Å². The topological polar surface area (TPSA) is 78.1 Å². The molecule has 0 saturated carbocycles. The van der Waals surface area contributed by atoms with Crippen LogP contribution < -0.4 is 5.32 Å². The molecule has 1 unspecified atom stereocenters. The van der Waals surface area contributed by atoms with E-state index in [2.05, 4.69) is 15.3 Å². The van der Waals surface area contributed by atoms with E-state index in [1.165, 1.54) is 11.8 Å². The van der Waals surface area contributed by atoms with Gasteiger partial charge in [0.15, 0.2) is 0 Å². The number of hydrogen-bond acceptors (Lipinski definition) is 4. The van der Waals surface area contributed by atoms with Crippen LogP contribution >= 0.6 is 11.8 Å². The number of imidazole rings is 1. The van der Waals surface area contributed by atoms with E-state index in [0.717, 1.165) is 24.5 Å². The van der Waals surface area contributed by atoms with Crippen LogP contribution in [0.4, 0.5) is 4.79 Å². The summed E-state index contributed by atoms with van der Waals surface area (Å²) in [6.45, 7) is 3.23. The molecule has 1 saturated heterocycles. The van der Waals surface area contributed by atoms with Gasteiger partial charge in [-0.05, 0) is 6.42 Å². The Hall–Kier alpha value is -1.50. The Kier molecular flexibility index (Phi) is 4.84. The van der Waals surface area contributed by atoms with Crippen LogP contribution in [-0.2, 0) is 4.79 Å². The third-order valence-corrected chi connectivity index (χ3v) is 3.94. The average Bonchev–Trinajstić information content (AvgIpc) is 3.05. The molecule has 1 aromatic rings. The Balaban J connectivity index is 1.78. The molecule has 0 bridgehead atoms. The van der Waals surface area contributed by atoms with Crippen molar-refractivity contribution in [3.05, 3.63) is 18.2 Å². The SMILES string of the molecule is CCC(NC(=O)CCN1CCSC1=O)c1ncc[nH]1. The Morgan fingerprint density at radius 3 is 3.11 bits per heavy atom. The van der Waals surface area contributed by atoms with Gasteiger partial charge in [0, 0.05) is 37.7 Å². The Morgan fingerprint density at radius 2 is 2.53 bits per heavy atom. The molecule has 1 aliphatic heterocycles. The van der Waals surface area contributed by atoms with Crippen LogP contribution in [0.5, 0.6) is 0 Å². The fourth-order valence-electron chi connectivity index (χ4n) is 1.96. The van der Waals surface area contributed by atoms with Gasteiger partial charge in [-0.15, -0.1) is 0 Å². The first-order chi connectivity index (χ1) is 9.20. The maximum Gasteiger partial charge on any atom is 0.281 e. The summed E-state index contributed by atoms with van der Waals surface area (Å²) in [4.78, 5) is 32.1. The van der Waals surface area contributed by atoms with E-state index in [4.69, 9.17) is 0 Å². The van der Waals surface area contributed by atoms with Crippen LogP contribution in [0.15, 0.2) is 12.4 Å². The number of nitrogens with zero attached hydrogens (tertiary/aromatic N) is 2. The van der Waals surface area contributed by atoms with Gasteiger partial charge in [0.1, 0.15) is 5.82 Å². The minimum atomic E-state index is -0.0915. The molecular formula is C12H18N4O2S. The Labute approximate surface area is 116 Å². The van der Waals surface area contributed by atoms with Crippen LogP contribution in [-0.4, -0.2) is 44.9 Å². The smallest absolute Gasteiger partial charge is 0.281 e. The first-order valence-corrected chi connectivity index (χ1v) is 7.39. The molecule has 0 radical (unpaired) electrons. The molecule has 2 heterocycles. The largest absolute Gasteiger partial charge is 0.347 e. The van der Waals surface area contributed by atoms with Crippen LogP contribution in [0.1, 0.15) is 31.6 Å². The molecule has 2 N–H and O–H groups in total. The maximum atomic E-state index is 11.9. The second-order valence-electron chi connectivity index (χ2n) is 4.35. The van der Waals surface area contributed by atoms with Gasteiger partial charge in [-0.3, -0.25) is 9.59 Å². The van der Waals surface area contributed by atoms with Crippen molar-refractivity contribution >= 4 is 22.9 Å². The van der Waals surface area contributed by atoms with E-state index in [-0.39, 0.29) is 17.2 Å². The molecule has 0 aliphatic carbocycles. The molecule has 2 amide bonds. The Bertz CT molecular complexity index is 435. The molecule has 1 aromatic heterocycles. The molecule has 19 heavy (non-hydrogen) atoms. The number of thioether (sulfide) groups is 1. The molecule has 1 fully saturated rings. The van der Waals surface area contributed by atoms with Crippen LogP contribution in [0, 0.1) is 0 Å². The van der Waals surface area contributed by atoms with Crippen molar-refractivity contribution in [2.45, 2.75) is 25.8 Å². The van der Waals surface area contributed by atoms with Crippen molar-refractivity contribution in [3.8, 4) is 0 Å². The Morgan fingerprint density at radius 1 is 1.68 bits per heavy atom. The summed E-state index contributed by atoms with van der Waals surface area (Å²) in [6, 6.07) is -0.0915. The van der Waals surface area contributed by atoms with E-state index in [1.807, 2.05) is 6.92 Å². The maximum absolute atomic E-state index is 11.9. The number of rotatable bonds is 6. The fourth-order valence-corrected chi connectivity index (χ4v) is 2.82. The number of aromatic nitrogens is 2. The lowest BCUT2D eigenvalue weighted by molar-refractivity contribution is -0.122. The van der Waals surface area contributed by atoms with Crippen molar-refractivity contribution in [1.29, 1.82) is 0 Å². The molecule has 0 aromatic carbocycles. The van der Waals surface area contributed by atoms with Gasteiger partial charge >= 0.3 is 0 Å². The van der Waals surface area contributed by atoms with E-state index in [9.17, 15) is 9.59 Å². The quantitative estimate of drug-likeness (QED) is 0.829. The molecule has 104 valence electrons. The summed E-state index contributed by atoms with van der Waals surface area (Å²) in [5.74, 6) is 1.54. The predicted octanol–water partition coefficient (Wildman–Crippen LogP) is 1.54. The summed E-state index contributed by atoms with van der Waals surface area (Å²) in [7, 11) is 0. The zero-order chi connectivity index (χ0) is 13.7. The number of hydrogen-bond donors (Lipinski definition) is 2. The second-order valence-corrected chi connectivity index (χ2v) is 5.40. The monoisotopic (exact) mass is 282 g/mol. The highest BCUT2D eigenvalue weighted by atomic mass is 32.2. The minimum Gasteiger partial charge on any atom is -0.347 e. The van der Waals surface area contributed by atoms with Gasteiger partial charge in [0.2, 0.25) is 5.91 Å². The summed E-state index contributed by atoms with van der Waals surface area (Å²) in [6.07, 6.45) is 4.52. The third-order valence-electron chi connectivity index (χ3n) is 3.05. The molecule has 0 spiro atoms. The highest BCUT2D eigenvalue weighted by molar-refractivity contribution is 8.13. The standard InChI is InChI=1S/C12H18N4O2S/c1-2-9(11-13-4-5-14-11)15-10(17)3-6-16-7-8-19-12(16)18/h4-5,9H,2-3,6-8H2,1H3,(H,13,14)(H,15,17). The normalized spacial score (nSPS) is 16.7. The lowest BCUT2D eigenvalue weighted by atomic mass is 10.2. The first-order valence-electron chi connectivity index (χ1n) is 6.41. The number of nitrogens with one attached hydrogen (secondary N) is 2. The zero-order valence-corrected chi connectivity index (χ0v) is 11.7. The minimum absolute atomic E-state index is 0.0482. The molecule has 7 heteroatoms. The summed E-state index contributed by atoms with van der Waals surface area (Å²) in [5.41, 5.74) is 0. The number of H-pyrrole nitrogens is 1. The number of carbonyl (C=O) groups excluding carboxylic acids is 2. The molecular weight excluding hydrogens is 264 g/mol. The molecule has 2 rings (SSSR count). The highest BCUT2D eigenvalue weighted by Crippen LogP contribution is 2.17. The first kappa shape index (κ1) is 13.9. The number of carbonyl (C=O) groups is 2. The summed E-state index contributed by atoms with van der Waals surface area (Å²) < 4.78 is 0. The molecule has 1 aliphatic rings. The van der Waals surface area contributed by atoms with E-state index in [0.29, 0.717) is 13.0 Å². The van der Waals surface area contributed by atoms with E-state index in [1.54, 1.807) is 17.3 Å². The van der Waals surface area contributed by atoms with Crippen molar-refractivity contribution in [1.82, 2.24) is 20.2 Å². The van der Waals surface area contributed by atoms with Crippen molar-refractivity contribution in [3.63, 3.8) is 0 Å². The van der Waals surface area contributed by atoms with E-state index < -0.39 is 0 Å². The van der Waals surface area contributed by atoms with E-state index >= 15 is 0 Å². The lowest BCUT2D eigenvalue weighted by Crippen LogP contribution is -2.33. The van der Waals surface area contributed by atoms with Gasteiger partial charge in [-0.2, -0.15) is 0 Å². The van der Waals surface area contributed by atoms with Crippen molar-refractivity contribution in [2.24, 2.45) is 0 Å². The van der Waals surface area contributed by atoms with Gasteiger partial charge in [0.05, 0.1) is 6.04 Å². The molecule has 6 nitrogen and oxygen atoms in total. The summed E-state index contributed by atoms with van der Waals surface area (Å²) in [5, 5.41) is 3.01. The summed E-state index contributed by atoms with van der Waals surface area (Å²) >= 11 is 1.31. The van der Waals surface area contributed by atoms with Gasteiger partial charge in [-0.25, -0.2) is 4.98 Å². The van der Waals surface area contributed by atoms with Gasteiger partial charge < -0.3 is 15.2 Å². The molecule has 1 atom stereocenters. The zero-order valence-electron chi connectivity index (χ0n) is 10.9. The van der Waals surface area contributed by atoms with Crippen LogP contribution in [0.3, 0.4) is 0 Å². The average molecular weight is 282 g/mol. The van der Waals surface area contributed by atoms with Crippen molar-refractivity contribution < 1.29 is 9.59 Å². The van der Waals surface area contributed by atoms with Gasteiger partial charge in [0.25, 0.3) is 5.24 Å². The predicted molar refractivity (Wildman–Crippen MR) is 73.8 cm³/mol. The number of amides is 2. The lowest BCUT2D eigenvalue weighted by Gasteiger charge is -2.17. The van der Waals surface area contributed by atoms with Crippen LogP contribution in [0.2, 0.25) is 0 Å². The fraction of sp³-hybridized carbons (Fsp3) is 0.583. The van der Waals surface area contributed by atoms with Crippen molar-refractivity contribution in [2.75, 3.05) is 18.8 Å². The van der Waals surface area contributed by atoms with Gasteiger partial charge in [-0.1, -0.05) is 18.7 Å².